The summed E-state index contributed by atoms with van der Waals surface area (Å²) in [5.74, 6) is 1.36. The number of hydrogen-bond donors (Lipinski definition) is 0. The third kappa shape index (κ3) is 15.8. The zero-order chi connectivity index (χ0) is 36.2. The van der Waals surface area contributed by atoms with Gasteiger partial charge in [-0.25, -0.2) is 0 Å². The molecule has 0 aromatic rings. The highest BCUT2D eigenvalue weighted by molar-refractivity contribution is 5.72. The minimum absolute atomic E-state index is 0.0938. The van der Waals surface area contributed by atoms with Crippen LogP contribution in [-0.2, 0) is 28.6 Å². The van der Waals surface area contributed by atoms with E-state index in [0.29, 0.717) is 12.8 Å². The van der Waals surface area contributed by atoms with Gasteiger partial charge in [0.2, 0.25) is 0 Å². The smallest absolute Gasteiger partial charge is 0.309 e. The van der Waals surface area contributed by atoms with Crippen LogP contribution in [0.2, 0.25) is 0 Å². The fourth-order valence-corrected chi connectivity index (χ4v) is 9.79. The molecule has 290 valence electrons. The van der Waals surface area contributed by atoms with Crippen molar-refractivity contribution >= 4 is 17.9 Å². The molecule has 1 saturated heterocycles. The van der Waals surface area contributed by atoms with Crippen LogP contribution in [0, 0.1) is 35.0 Å². The molecule has 0 aromatic heterocycles. The number of rotatable bonds is 26. The zero-order valence-electron chi connectivity index (χ0n) is 32.6. The van der Waals surface area contributed by atoms with Crippen LogP contribution in [0.15, 0.2) is 24.3 Å². The lowest BCUT2D eigenvalue weighted by Crippen LogP contribution is -2.47. The van der Waals surface area contributed by atoms with Crippen molar-refractivity contribution in [2.75, 3.05) is 39.5 Å². The summed E-state index contributed by atoms with van der Waals surface area (Å²) in [5, 5.41) is 0. The highest BCUT2D eigenvalue weighted by atomic mass is 16.6. The van der Waals surface area contributed by atoms with Crippen LogP contribution in [0.5, 0.6) is 0 Å². The minimum atomic E-state index is -0.353. The highest BCUT2D eigenvalue weighted by Crippen LogP contribution is 2.61. The van der Waals surface area contributed by atoms with Crippen molar-refractivity contribution < 1.29 is 28.6 Å². The Morgan fingerprint density at radius 2 is 1.22 bits per heavy atom. The Labute approximate surface area is 311 Å². The molecule has 0 amide bonds. The van der Waals surface area contributed by atoms with Gasteiger partial charge < -0.3 is 19.1 Å². The quantitative estimate of drug-likeness (QED) is 0.0382. The third-order valence-electron chi connectivity index (χ3n) is 12.1. The Hall–Kier alpha value is -2.15. The summed E-state index contributed by atoms with van der Waals surface area (Å²) in [4.78, 5) is 41.2. The molecule has 51 heavy (non-hydrogen) atoms. The Balaban J connectivity index is 1.10. The van der Waals surface area contributed by atoms with Gasteiger partial charge in [-0.3, -0.25) is 14.4 Å². The molecule has 5 aliphatic rings. The summed E-state index contributed by atoms with van der Waals surface area (Å²) in [7, 11) is 0. The van der Waals surface area contributed by atoms with Gasteiger partial charge >= 0.3 is 17.9 Å². The van der Waals surface area contributed by atoms with E-state index in [2.05, 4.69) is 43.1 Å². The largest absolute Gasteiger partial charge is 0.465 e. The van der Waals surface area contributed by atoms with Crippen LogP contribution in [0.4, 0.5) is 0 Å². The fraction of sp³-hybridized carbons (Fsp3) is 0.841. The molecule has 5 rings (SSSR count). The van der Waals surface area contributed by atoms with Gasteiger partial charge in [-0.15, -0.1) is 0 Å². The van der Waals surface area contributed by atoms with Gasteiger partial charge in [-0.2, -0.15) is 0 Å². The van der Waals surface area contributed by atoms with Crippen LogP contribution in [0.3, 0.4) is 0 Å². The van der Waals surface area contributed by atoms with E-state index in [1.807, 2.05) is 0 Å². The Morgan fingerprint density at radius 1 is 0.667 bits per heavy atom. The lowest BCUT2D eigenvalue weighted by molar-refractivity contribution is -0.159. The molecular weight excluding hydrogens is 638 g/mol. The van der Waals surface area contributed by atoms with Gasteiger partial charge in [-0.1, -0.05) is 76.7 Å². The first-order valence-corrected chi connectivity index (χ1v) is 21.4. The van der Waals surface area contributed by atoms with Crippen molar-refractivity contribution in [3.05, 3.63) is 24.3 Å². The summed E-state index contributed by atoms with van der Waals surface area (Å²) in [6.45, 7) is 7.67. The average molecular weight is 712 g/mol. The number of esters is 3. The molecule has 0 radical (unpaired) electrons. The number of piperidine rings is 1. The highest BCUT2D eigenvalue weighted by Gasteiger charge is 2.51. The average Bonchev–Trinajstić information content (AvgIpc) is 3.10. The van der Waals surface area contributed by atoms with Gasteiger partial charge in [0.25, 0.3) is 0 Å². The maximum absolute atomic E-state index is 13.2. The summed E-state index contributed by atoms with van der Waals surface area (Å²) in [6.07, 6.45) is 34.2. The summed E-state index contributed by atoms with van der Waals surface area (Å²) in [5.41, 5.74) is 0.120. The van der Waals surface area contributed by atoms with Gasteiger partial charge in [0.15, 0.2) is 0 Å². The van der Waals surface area contributed by atoms with E-state index in [4.69, 9.17) is 14.2 Å². The SMILES string of the molecule is CCCCC/C=C\C/C=C\CCCCCCCCC(=O)OCC(COC(=O)CC12CC3CC(CC(C3)C1)C2)COC(=O)C1CCN(CCC)CC1. The first-order valence-electron chi connectivity index (χ1n) is 21.4. The standard InChI is InChI=1S/C44H73NO6/c1-3-5-6-7-8-9-10-11-12-13-14-15-16-17-18-19-20-41(46)49-33-39(35-51-43(48)40-21-24-45(23-4-2)25-22-40)34-50-42(47)32-44-29-36-26-37(30-44)28-38(27-36)31-44/h8-9,11-12,36-40H,3-7,10,13-35H2,1-2H3/b9-8-,12-11-. The molecule has 0 spiro atoms. The summed E-state index contributed by atoms with van der Waals surface area (Å²) < 4.78 is 17.3. The maximum Gasteiger partial charge on any atom is 0.309 e. The lowest BCUT2D eigenvalue weighted by Gasteiger charge is -2.56. The second-order valence-corrected chi connectivity index (χ2v) is 16.9. The fourth-order valence-electron chi connectivity index (χ4n) is 9.79. The first kappa shape index (κ1) is 41.6. The number of allylic oxidation sites excluding steroid dienone is 4. The van der Waals surface area contributed by atoms with E-state index in [1.54, 1.807) is 0 Å². The summed E-state index contributed by atoms with van der Waals surface area (Å²) >= 11 is 0. The Bertz CT molecular complexity index is 1040. The topological polar surface area (TPSA) is 82.1 Å². The molecular formula is C44H73NO6. The number of carbonyl (C=O) groups excluding carboxylic acids is 3. The van der Waals surface area contributed by atoms with Crippen molar-refractivity contribution in [3.63, 3.8) is 0 Å². The van der Waals surface area contributed by atoms with Crippen molar-refractivity contribution in [1.29, 1.82) is 0 Å². The minimum Gasteiger partial charge on any atom is -0.465 e. The van der Waals surface area contributed by atoms with E-state index < -0.39 is 0 Å². The van der Waals surface area contributed by atoms with E-state index in [1.165, 1.54) is 83.5 Å². The molecule has 1 aliphatic heterocycles. The van der Waals surface area contributed by atoms with Crippen LogP contribution in [0.1, 0.15) is 162 Å². The lowest BCUT2D eigenvalue weighted by atomic mass is 9.49. The van der Waals surface area contributed by atoms with Gasteiger partial charge in [0.05, 0.1) is 18.3 Å². The number of carbonyl (C=O) groups is 3. The Morgan fingerprint density at radius 3 is 1.82 bits per heavy atom. The van der Waals surface area contributed by atoms with E-state index >= 15 is 0 Å². The molecule has 0 N–H and O–H groups in total. The van der Waals surface area contributed by atoms with Gasteiger partial charge in [0.1, 0.15) is 19.8 Å². The van der Waals surface area contributed by atoms with Crippen LogP contribution in [0.25, 0.3) is 0 Å². The molecule has 4 bridgehead atoms. The van der Waals surface area contributed by atoms with Crippen LogP contribution in [-0.4, -0.2) is 62.3 Å². The second-order valence-electron chi connectivity index (χ2n) is 16.9. The molecule has 5 fully saturated rings. The molecule has 1 heterocycles. The van der Waals surface area contributed by atoms with Crippen molar-refractivity contribution in [2.45, 2.75) is 162 Å². The molecule has 7 heteroatoms. The van der Waals surface area contributed by atoms with E-state index in [-0.39, 0.29) is 55.0 Å². The van der Waals surface area contributed by atoms with Crippen LogP contribution < -0.4 is 0 Å². The first-order chi connectivity index (χ1) is 24.9. The predicted molar refractivity (Wildman–Crippen MR) is 205 cm³/mol. The predicted octanol–water partition coefficient (Wildman–Crippen LogP) is 10.2. The molecule has 4 saturated carbocycles. The van der Waals surface area contributed by atoms with Crippen LogP contribution >= 0.6 is 0 Å². The number of nitrogens with zero attached hydrogens (tertiary/aromatic N) is 1. The molecule has 1 atom stereocenters. The number of likely N-dealkylation sites (tertiary alicyclic amines) is 1. The number of unbranched alkanes of at least 4 members (excludes halogenated alkanes) is 9. The molecule has 4 aliphatic carbocycles. The van der Waals surface area contributed by atoms with Crippen molar-refractivity contribution in [2.24, 2.45) is 35.0 Å². The molecule has 7 nitrogen and oxygen atoms in total. The van der Waals surface area contributed by atoms with Gasteiger partial charge in [-0.05, 0) is 139 Å². The number of ether oxygens (including phenoxy) is 3. The Kier molecular flexibility index (Phi) is 19.2. The van der Waals surface area contributed by atoms with E-state index in [0.717, 1.165) is 88.8 Å². The van der Waals surface area contributed by atoms with Gasteiger partial charge in [0, 0.05) is 6.42 Å². The maximum atomic E-state index is 13.2. The third-order valence-corrected chi connectivity index (χ3v) is 12.1. The van der Waals surface area contributed by atoms with Crippen molar-refractivity contribution in [1.82, 2.24) is 4.90 Å². The summed E-state index contributed by atoms with van der Waals surface area (Å²) in [6, 6.07) is 0. The van der Waals surface area contributed by atoms with Crippen molar-refractivity contribution in [3.8, 4) is 0 Å². The molecule has 0 aromatic carbocycles. The van der Waals surface area contributed by atoms with E-state index in [9.17, 15) is 14.4 Å². The zero-order valence-corrected chi connectivity index (χ0v) is 32.6. The number of hydrogen-bond acceptors (Lipinski definition) is 7. The monoisotopic (exact) mass is 712 g/mol. The second kappa shape index (κ2) is 23.5. The molecule has 1 unspecified atom stereocenters. The normalized spacial score (nSPS) is 25.5.